The van der Waals surface area contributed by atoms with E-state index in [9.17, 15) is 13.6 Å². The van der Waals surface area contributed by atoms with Gasteiger partial charge in [-0.25, -0.2) is 13.6 Å². The van der Waals surface area contributed by atoms with Crippen molar-refractivity contribution in [2.24, 2.45) is 0 Å². The number of methoxy groups -OCH3 is 1. The number of hydrogen-bond donors (Lipinski definition) is 1. The van der Waals surface area contributed by atoms with Gasteiger partial charge in [0.2, 0.25) is 0 Å². The van der Waals surface area contributed by atoms with Crippen LogP contribution in [0.1, 0.15) is 0 Å². The van der Waals surface area contributed by atoms with E-state index < -0.39 is 11.6 Å². The van der Waals surface area contributed by atoms with E-state index in [4.69, 9.17) is 16.3 Å². The summed E-state index contributed by atoms with van der Waals surface area (Å²) in [5.41, 5.74) is 0.913. The fraction of sp³-hybridized carbons (Fsp3) is 0.364. The molecule has 1 aromatic heterocycles. The molecule has 2 aromatic carbocycles. The second-order valence-electron chi connectivity index (χ2n) is 7.82. The molecule has 1 N–H and O–H groups in total. The van der Waals surface area contributed by atoms with E-state index in [1.165, 1.54) is 23.9 Å². The number of anilines is 1. The highest BCUT2D eigenvalue weighted by molar-refractivity contribution is 7.99. The number of hydrogen-bond acceptors (Lipinski definition) is 6. The van der Waals surface area contributed by atoms with Gasteiger partial charge in [0.1, 0.15) is 17.5 Å². The average molecular weight is 479 g/mol. The van der Waals surface area contributed by atoms with Crippen LogP contribution in [0, 0.1) is 11.6 Å². The molecule has 168 valence electrons. The molecule has 5 rings (SSSR count). The molecule has 0 amide bonds. The number of aromatic nitrogens is 2. The summed E-state index contributed by atoms with van der Waals surface area (Å²) in [6, 6.07) is 5.17. The maximum absolute atomic E-state index is 14.8. The summed E-state index contributed by atoms with van der Waals surface area (Å²) in [6.07, 6.45) is -0.232. The second-order valence-corrected chi connectivity index (χ2v) is 9.25. The molecule has 6 nitrogen and oxygen atoms in total. The Hall–Kier alpha value is -2.20. The molecule has 1 saturated heterocycles. The number of piperazine rings is 1. The van der Waals surface area contributed by atoms with Gasteiger partial charge >= 0.3 is 5.69 Å². The summed E-state index contributed by atoms with van der Waals surface area (Å²) in [4.78, 5) is 20.3. The Balaban J connectivity index is 1.84. The monoisotopic (exact) mass is 478 g/mol. The zero-order valence-electron chi connectivity index (χ0n) is 17.3. The minimum atomic E-state index is -0.707. The van der Waals surface area contributed by atoms with Crippen molar-refractivity contribution in [2.45, 2.75) is 17.5 Å². The van der Waals surface area contributed by atoms with E-state index in [0.717, 1.165) is 24.5 Å². The van der Waals surface area contributed by atoms with E-state index in [-0.39, 0.29) is 17.4 Å². The number of rotatable bonds is 3. The smallest absolute Gasteiger partial charge is 0.350 e. The lowest BCUT2D eigenvalue weighted by Crippen LogP contribution is -2.45. The highest BCUT2D eigenvalue weighted by Gasteiger charge is 2.29. The molecule has 0 bridgehead atoms. The number of nitrogens with zero attached hydrogens (tertiary/aromatic N) is 3. The van der Waals surface area contributed by atoms with Crippen LogP contribution in [-0.2, 0) is 11.3 Å². The molecular weight excluding hydrogens is 458 g/mol. The largest absolute Gasteiger partial charge is 0.379 e. The van der Waals surface area contributed by atoms with E-state index >= 15 is 0 Å². The predicted octanol–water partition coefficient (Wildman–Crippen LogP) is 3.53. The van der Waals surface area contributed by atoms with Crippen molar-refractivity contribution in [2.75, 3.05) is 43.9 Å². The van der Waals surface area contributed by atoms with E-state index in [0.29, 0.717) is 52.2 Å². The normalized spacial score (nSPS) is 18.8. The van der Waals surface area contributed by atoms with Crippen molar-refractivity contribution in [1.29, 1.82) is 0 Å². The molecule has 3 aromatic rings. The molecular formula is C22H21ClF2N4O2S. The van der Waals surface area contributed by atoms with Gasteiger partial charge in [0.25, 0.3) is 0 Å². The molecule has 1 fully saturated rings. The highest BCUT2D eigenvalue weighted by atomic mass is 35.5. The molecule has 2 aliphatic heterocycles. The van der Waals surface area contributed by atoms with Crippen molar-refractivity contribution >= 4 is 40.1 Å². The van der Waals surface area contributed by atoms with E-state index in [1.54, 1.807) is 17.7 Å². The van der Waals surface area contributed by atoms with Crippen molar-refractivity contribution < 1.29 is 13.5 Å². The van der Waals surface area contributed by atoms with Gasteiger partial charge in [-0.05, 0) is 18.2 Å². The Bertz CT molecular complexity index is 1260. The number of thioether (sulfide) groups is 1. The molecule has 2 aliphatic rings. The first-order valence-corrected chi connectivity index (χ1v) is 11.7. The SMILES string of the molecule is COC1CSc2c(-c3ccc(F)cc3F)c(Cl)cc3c(N4CCNCC4)nc(=O)n(c23)C1. The maximum atomic E-state index is 14.8. The van der Waals surface area contributed by atoms with Crippen LogP contribution in [0.25, 0.3) is 22.0 Å². The lowest BCUT2D eigenvalue weighted by atomic mass is 10.0. The minimum Gasteiger partial charge on any atom is -0.379 e. The van der Waals surface area contributed by atoms with Gasteiger partial charge in [0.05, 0.1) is 23.2 Å². The summed E-state index contributed by atoms with van der Waals surface area (Å²) in [7, 11) is 1.60. The standard InChI is InChI=1S/C22H21ClF2N4O2S/c1-31-13-10-29-19-15(21(27-22(29)30)28-6-4-26-5-7-28)9-16(23)18(20(19)32-11-13)14-3-2-12(24)8-17(14)25/h2-3,8-9,13,26H,4-7,10-11H2,1H3. The van der Waals surface area contributed by atoms with Gasteiger partial charge in [-0.1, -0.05) is 11.6 Å². The first-order valence-electron chi connectivity index (χ1n) is 10.3. The molecule has 0 aliphatic carbocycles. The Morgan fingerprint density at radius 1 is 1.25 bits per heavy atom. The predicted molar refractivity (Wildman–Crippen MR) is 123 cm³/mol. The Morgan fingerprint density at radius 2 is 2.03 bits per heavy atom. The summed E-state index contributed by atoms with van der Waals surface area (Å²) in [5, 5.41) is 4.36. The quantitative estimate of drug-likeness (QED) is 0.621. The van der Waals surface area contributed by atoms with Crippen molar-refractivity contribution in [3.63, 3.8) is 0 Å². The third kappa shape index (κ3) is 3.67. The molecule has 1 unspecified atom stereocenters. The Kier molecular flexibility index (Phi) is 5.83. The van der Waals surface area contributed by atoms with Crippen LogP contribution >= 0.6 is 23.4 Å². The van der Waals surface area contributed by atoms with Gasteiger partial charge in [0, 0.05) is 66.5 Å². The molecule has 3 heterocycles. The molecule has 0 radical (unpaired) electrons. The molecule has 10 heteroatoms. The first kappa shape index (κ1) is 21.6. The van der Waals surface area contributed by atoms with Gasteiger partial charge in [-0.3, -0.25) is 4.57 Å². The minimum absolute atomic E-state index is 0.191. The average Bonchev–Trinajstić information content (AvgIpc) is 2.98. The number of ether oxygens (including phenoxy) is 1. The van der Waals surface area contributed by atoms with Crippen LogP contribution in [0.4, 0.5) is 14.6 Å². The maximum Gasteiger partial charge on any atom is 0.350 e. The van der Waals surface area contributed by atoms with Gasteiger partial charge < -0.3 is 15.0 Å². The Labute approximate surface area is 192 Å². The van der Waals surface area contributed by atoms with E-state index in [1.807, 2.05) is 0 Å². The summed E-state index contributed by atoms with van der Waals surface area (Å²) < 4.78 is 35.6. The number of halogens is 3. The lowest BCUT2D eigenvalue weighted by molar-refractivity contribution is 0.107. The summed E-state index contributed by atoms with van der Waals surface area (Å²) in [5.74, 6) is -0.246. The van der Waals surface area contributed by atoms with Gasteiger partial charge in [0.15, 0.2) is 0 Å². The summed E-state index contributed by atoms with van der Waals surface area (Å²) >= 11 is 8.19. The first-order chi connectivity index (χ1) is 15.5. The van der Waals surface area contributed by atoms with Crippen LogP contribution in [0.3, 0.4) is 0 Å². The lowest BCUT2D eigenvalue weighted by Gasteiger charge is -2.30. The molecule has 32 heavy (non-hydrogen) atoms. The van der Waals surface area contributed by atoms with Gasteiger partial charge in [-0.2, -0.15) is 4.98 Å². The van der Waals surface area contributed by atoms with Crippen molar-refractivity contribution in [1.82, 2.24) is 14.9 Å². The van der Waals surface area contributed by atoms with E-state index in [2.05, 4.69) is 15.2 Å². The number of benzene rings is 2. The fourth-order valence-electron chi connectivity index (χ4n) is 4.31. The van der Waals surface area contributed by atoms with Gasteiger partial charge in [-0.15, -0.1) is 11.8 Å². The van der Waals surface area contributed by atoms with Crippen molar-refractivity contribution in [3.05, 3.63) is 51.4 Å². The van der Waals surface area contributed by atoms with Crippen LogP contribution in [0.5, 0.6) is 0 Å². The third-order valence-corrected chi connectivity index (χ3v) is 7.42. The zero-order chi connectivity index (χ0) is 22.4. The Morgan fingerprint density at radius 3 is 2.75 bits per heavy atom. The highest BCUT2D eigenvalue weighted by Crippen LogP contribution is 2.46. The van der Waals surface area contributed by atoms with Crippen LogP contribution in [0.15, 0.2) is 34.0 Å². The third-order valence-electron chi connectivity index (χ3n) is 5.90. The van der Waals surface area contributed by atoms with Crippen LogP contribution in [0.2, 0.25) is 5.02 Å². The molecule has 0 saturated carbocycles. The number of nitrogens with one attached hydrogen (secondary N) is 1. The van der Waals surface area contributed by atoms with Crippen LogP contribution in [-0.4, -0.2) is 54.7 Å². The second kappa shape index (κ2) is 8.62. The topological polar surface area (TPSA) is 59.4 Å². The van der Waals surface area contributed by atoms with Crippen molar-refractivity contribution in [3.8, 4) is 11.1 Å². The molecule has 1 atom stereocenters. The van der Waals surface area contributed by atoms with Crippen LogP contribution < -0.4 is 15.9 Å². The fourth-order valence-corrected chi connectivity index (χ4v) is 5.98. The summed E-state index contributed by atoms with van der Waals surface area (Å²) in [6.45, 7) is 3.31. The molecule has 0 spiro atoms. The zero-order valence-corrected chi connectivity index (χ0v) is 18.9.